The minimum absolute atomic E-state index is 0.0184. The summed E-state index contributed by atoms with van der Waals surface area (Å²) in [7, 11) is 0. The number of hydrogen-bond acceptors (Lipinski definition) is 6. The number of aromatic nitrogens is 1. The third-order valence-electron chi connectivity index (χ3n) is 8.18. The topological polar surface area (TPSA) is 103 Å². The zero-order chi connectivity index (χ0) is 25.0. The van der Waals surface area contributed by atoms with Crippen LogP contribution in [0.5, 0.6) is 0 Å². The number of amides is 2. The summed E-state index contributed by atoms with van der Waals surface area (Å²) in [5.74, 6) is -0.702. The van der Waals surface area contributed by atoms with E-state index < -0.39 is 29.3 Å². The molecular weight excluding hydrogens is 498 g/mol. The van der Waals surface area contributed by atoms with Crippen LogP contribution in [-0.4, -0.2) is 58.2 Å². The summed E-state index contributed by atoms with van der Waals surface area (Å²) in [6, 6.07) is 5.39. The third kappa shape index (κ3) is 4.27. The highest BCUT2D eigenvalue weighted by atomic mass is 35.5. The zero-order valence-electron chi connectivity index (χ0n) is 20.0. The Kier molecular flexibility index (Phi) is 6.38. The van der Waals surface area contributed by atoms with Gasteiger partial charge < -0.3 is 15.4 Å². The van der Waals surface area contributed by atoms with Gasteiger partial charge in [0.1, 0.15) is 18.8 Å². The quantitative estimate of drug-likeness (QED) is 0.566. The van der Waals surface area contributed by atoms with Crippen LogP contribution < -0.4 is 5.73 Å². The number of fused-ring (bicyclic) bond motifs is 1. The summed E-state index contributed by atoms with van der Waals surface area (Å²) >= 11 is 7.83. The van der Waals surface area contributed by atoms with E-state index in [4.69, 9.17) is 22.1 Å². The minimum atomic E-state index is -0.652. The number of Topliss-reactive ketones (excluding diaryl/α,β-unsaturated/α-hetero) is 1. The Morgan fingerprint density at radius 2 is 1.94 bits per heavy atom. The highest BCUT2D eigenvalue weighted by Crippen LogP contribution is 2.45. The van der Waals surface area contributed by atoms with Gasteiger partial charge in [0.25, 0.3) is 5.91 Å². The fraction of sp³-hybridized carbons (Fsp3) is 0.556. The first kappa shape index (κ1) is 24.1. The van der Waals surface area contributed by atoms with Gasteiger partial charge in [-0.05, 0) is 49.3 Å². The predicted octanol–water partition coefficient (Wildman–Crippen LogP) is 4.24. The zero-order valence-corrected chi connectivity index (χ0v) is 21.6. The number of carbonyl (C=O) groups excluding carboxylic acids is 3. The lowest BCUT2D eigenvalue weighted by molar-refractivity contribution is -0.139. The van der Waals surface area contributed by atoms with E-state index in [0.29, 0.717) is 16.4 Å². The number of nitrogens with zero attached hydrogens (tertiary/aromatic N) is 2. The van der Waals surface area contributed by atoms with Crippen LogP contribution in [0.3, 0.4) is 0 Å². The van der Waals surface area contributed by atoms with Crippen LogP contribution in [0.2, 0.25) is 0 Å². The monoisotopic (exact) mass is 527 g/mol. The van der Waals surface area contributed by atoms with Crippen molar-refractivity contribution in [3.63, 3.8) is 0 Å². The molecule has 4 fully saturated rings. The Hall–Kier alpha value is -2.29. The molecule has 4 aliphatic rings. The second-order valence-corrected chi connectivity index (χ2v) is 12.2. The molecule has 4 atom stereocenters. The van der Waals surface area contributed by atoms with E-state index in [1.807, 2.05) is 18.3 Å². The van der Waals surface area contributed by atoms with Crippen LogP contribution in [0.1, 0.15) is 77.7 Å². The molecule has 2 saturated heterocycles. The molecule has 0 bridgehead atoms. The number of pyridine rings is 1. The van der Waals surface area contributed by atoms with Crippen LogP contribution in [0, 0.1) is 5.92 Å². The number of thiophene rings is 1. The van der Waals surface area contributed by atoms with Gasteiger partial charge >= 0.3 is 0 Å². The largest absolute Gasteiger partial charge is 0.366 e. The number of carbonyl (C=O) groups is 3. The van der Waals surface area contributed by atoms with Crippen molar-refractivity contribution in [2.24, 2.45) is 11.7 Å². The van der Waals surface area contributed by atoms with Gasteiger partial charge in [-0.3, -0.25) is 19.4 Å². The number of likely N-dealkylation sites (tertiary alicyclic amines) is 1. The fourth-order valence-electron chi connectivity index (χ4n) is 6.20. The van der Waals surface area contributed by atoms with Crippen molar-refractivity contribution in [3.8, 4) is 10.4 Å². The number of primary amides is 1. The van der Waals surface area contributed by atoms with E-state index in [2.05, 4.69) is 11.1 Å². The molecule has 6 rings (SSSR count). The van der Waals surface area contributed by atoms with E-state index in [-0.39, 0.29) is 30.8 Å². The van der Waals surface area contributed by atoms with Gasteiger partial charge in [0.05, 0.1) is 16.2 Å². The summed E-state index contributed by atoms with van der Waals surface area (Å²) in [5.41, 5.74) is 8.55. The molecular formula is C27H30ClN3O4S. The lowest BCUT2D eigenvalue weighted by Crippen LogP contribution is -2.46. The van der Waals surface area contributed by atoms with Gasteiger partial charge in [-0.25, -0.2) is 0 Å². The Labute approximate surface area is 219 Å². The number of nitrogens with two attached hydrogens (primary N) is 1. The molecule has 2 N–H and O–H groups in total. The van der Waals surface area contributed by atoms with Crippen molar-refractivity contribution < 1.29 is 19.1 Å². The van der Waals surface area contributed by atoms with Crippen molar-refractivity contribution in [2.75, 3.05) is 13.2 Å². The van der Waals surface area contributed by atoms with E-state index in [1.165, 1.54) is 24.2 Å². The maximum absolute atomic E-state index is 14.2. The molecule has 2 aromatic rings. The summed E-state index contributed by atoms with van der Waals surface area (Å²) < 4.78 is 5.61. The number of rotatable bonds is 6. The van der Waals surface area contributed by atoms with Crippen molar-refractivity contribution >= 4 is 40.5 Å². The molecule has 2 aliphatic heterocycles. The smallest absolute Gasteiger partial charge is 0.259 e. The molecule has 9 heteroatoms. The minimum Gasteiger partial charge on any atom is -0.366 e. The first-order chi connectivity index (χ1) is 17.4. The first-order valence-corrected chi connectivity index (χ1v) is 14.2. The second-order valence-electron chi connectivity index (χ2n) is 10.6. The van der Waals surface area contributed by atoms with Crippen LogP contribution >= 0.6 is 22.9 Å². The van der Waals surface area contributed by atoms with E-state index in [9.17, 15) is 14.4 Å². The molecule has 2 aliphatic carbocycles. The average molecular weight is 528 g/mol. The lowest BCUT2D eigenvalue weighted by atomic mass is 9.75. The van der Waals surface area contributed by atoms with Crippen molar-refractivity contribution in [1.82, 2.24) is 9.88 Å². The molecule has 0 unspecified atom stereocenters. The van der Waals surface area contributed by atoms with Crippen LogP contribution in [0.4, 0.5) is 0 Å². The van der Waals surface area contributed by atoms with Gasteiger partial charge in [0, 0.05) is 34.8 Å². The van der Waals surface area contributed by atoms with Crippen LogP contribution in [0.15, 0.2) is 24.4 Å². The number of alkyl halides is 1. The highest BCUT2D eigenvalue weighted by molar-refractivity contribution is 7.17. The third-order valence-corrected chi connectivity index (χ3v) is 9.78. The normalized spacial score (nSPS) is 27.3. The van der Waals surface area contributed by atoms with E-state index >= 15 is 0 Å². The van der Waals surface area contributed by atoms with Gasteiger partial charge in [-0.15, -0.1) is 22.9 Å². The molecule has 4 heterocycles. The molecule has 7 nitrogen and oxygen atoms in total. The standard InChI is InChI=1S/C27H30ClN3O4S/c28-18-12-31(23-20(32)13-35-24(18)23)27(34)22(15-4-2-1-3-5-15)17-10-21(36-25(17)26(29)33)16-8-9-19(30-11-16)14-6-7-14/h8-11,14-15,18,22-24H,1-7,12-13H2,(H2,29,33)/t18-,22-,23+,24+/m0/s1. The van der Waals surface area contributed by atoms with Crippen molar-refractivity contribution in [2.45, 2.75) is 74.3 Å². The fourth-order valence-corrected chi connectivity index (χ4v) is 7.61. The summed E-state index contributed by atoms with van der Waals surface area (Å²) in [4.78, 5) is 47.0. The molecule has 0 spiro atoms. The second kappa shape index (κ2) is 9.54. The molecule has 36 heavy (non-hydrogen) atoms. The van der Waals surface area contributed by atoms with Gasteiger partial charge in [0.15, 0.2) is 5.78 Å². The first-order valence-electron chi connectivity index (χ1n) is 12.9. The predicted molar refractivity (Wildman–Crippen MR) is 137 cm³/mol. The molecule has 0 radical (unpaired) electrons. The Bertz CT molecular complexity index is 1190. The summed E-state index contributed by atoms with van der Waals surface area (Å²) in [6.07, 6.45) is 8.75. The molecule has 190 valence electrons. The molecule has 0 aromatic carbocycles. The summed E-state index contributed by atoms with van der Waals surface area (Å²) in [5, 5.41) is -0.429. The number of ether oxygens (including phenoxy) is 1. The van der Waals surface area contributed by atoms with Gasteiger partial charge in [0.2, 0.25) is 5.91 Å². The SMILES string of the molecule is NC(=O)c1sc(-c2ccc(C3CC3)nc2)cc1[C@@H](C(=O)N1C[C@H](Cl)[C@H]2OCC(=O)[C@H]21)C1CCCCC1. The number of halogens is 1. The Morgan fingerprint density at radius 3 is 2.61 bits per heavy atom. The maximum atomic E-state index is 14.2. The number of ketones is 1. The maximum Gasteiger partial charge on any atom is 0.259 e. The number of hydrogen-bond donors (Lipinski definition) is 1. The lowest BCUT2D eigenvalue weighted by Gasteiger charge is -2.34. The van der Waals surface area contributed by atoms with Gasteiger partial charge in [-0.2, -0.15) is 0 Å². The highest BCUT2D eigenvalue weighted by Gasteiger charge is 2.53. The van der Waals surface area contributed by atoms with Crippen molar-refractivity contribution in [3.05, 3.63) is 40.5 Å². The molecule has 2 amide bonds. The van der Waals surface area contributed by atoms with Gasteiger partial charge in [-0.1, -0.05) is 25.3 Å². The van der Waals surface area contributed by atoms with Crippen LogP contribution in [-0.2, 0) is 14.3 Å². The Morgan fingerprint density at radius 1 is 1.17 bits per heavy atom. The Balaban J connectivity index is 1.39. The van der Waals surface area contributed by atoms with E-state index in [0.717, 1.165) is 48.2 Å². The molecule has 2 saturated carbocycles. The van der Waals surface area contributed by atoms with Crippen LogP contribution in [0.25, 0.3) is 10.4 Å². The molecule has 2 aromatic heterocycles. The summed E-state index contributed by atoms with van der Waals surface area (Å²) in [6.45, 7) is 0.246. The van der Waals surface area contributed by atoms with Crippen molar-refractivity contribution in [1.29, 1.82) is 0 Å². The average Bonchev–Trinajstić information content (AvgIpc) is 3.39. The van der Waals surface area contributed by atoms with E-state index in [1.54, 1.807) is 4.90 Å².